The number of pyridine rings is 1. The molecule has 2 aliphatic heterocycles. The number of carbonyl (C=O) groups excluding carboxylic acids is 1. The molecule has 7 heteroatoms. The summed E-state index contributed by atoms with van der Waals surface area (Å²) in [6.45, 7) is 8.64. The van der Waals surface area contributed by atoms with Gasteiger partial charge in [0.15, 0.2) is 0 Å². The summed E-state index contributed by atoms with van der Waals surface area (Å²) in [4.78, 5) is 24.0. The first kappa shape index (κ1) is 24.9. The molecule has 190 valence electrons. The lowest BCUT2D eigenvalue weighted by Gasteiger charge is -2.34. The molecule has 2 aromatic heterocycles. The van der Waals surface area contributed by atoms with Crippen molar-refractivity contribution in [2.75, 3.05) is 45.9 Å². The quantitative estimate of drug-likeness (QED) is 0.434. The summed E-state index contributed by atoms with van der Waals surface area (Å²) in [6, 6.07) is 14.8. The normalized spacial score (nSPS) is 19.3. The lowest BCUT2D eigenvalue weighted by Crippen LogP contribution is -2.45. The number of piperidine rings is 1. The van der Waals surface area contributed by atoms with Gasteiger partial charge in [0.2, 0.25) is 5.91 Å². The Labute approximate surface area is 218 Å². The maximum absolute atomic E-state index is 12.7. The van der Waals surface area contributed by atoms with Crippen molar-refractivity contribution in [3.05, 3.63) is 82.3 Å². The number of benzene rings is 1. The van der Waals surface area contributed by atoms with Crippen molar-refractivity contribution < 1.29 is 9.53 Å². The Morgan fingerprint density at radius 3 is 2.42 bits per heavy atom. The molecule has 0 saturated carbocycles. The predicted octanol–water partition coefficient (Wildman–Crippen LogP) is 4.32. The summed E-state index contributed by atoms with van der Waals surface area (Å²) in [6.07, 6.45) is 6.48. The molecule has 4 heterocycles. The second-order valence-corrected chi connectivity index (χ2v) is 10.8. The van der Waals surface area contributed by atoms with E-state index in [0.717, 1.165) is 76.5 Å². The van der Waals surface area contributed by atoms with E-state index >= 15 is 0 Å². The van der Waals surface area contributed by atoms with Crippen LogP contribution in [-0.4, -0.2) is 71.5 Å². The zero-order valence-electron chi connectivity index (χ0n) is 20.9. The minimum atomic E-state index is 0.236. The van der Waals surface area contributed by atoms with Crippen molar-refractivity contribution in [2.24, 2.45) is 5.92 Å². The van der Waals surface area contributed by atoms with E-state index < -0.39 is 0 Å². The predicted molar refractivity (Wildman–Crippen MR) is 144 cm³/mol. The molecule has 1 amide bonds. The largest absolute Gasteiger partial charge is 0.493 e. The van der Waals surface area contributed by atoms with Crippen molar-refractivity contribution in [3.8, 4) is 5.75 Å². The highest BCUT2D eigenvalue weighted by Crippen LogP contribution is 2.21. The van der Waals surface area contributed by atoms with Crippen LogP contribution >= 0.6 is 11.3 Å². The van der Waals surface area contributed by atoms with Gasteiger partial charge in [0.05, 0.1) is 13.0 Å². The number of piperazine rings is 1. The number of aromatic nitrogens is 1. The smallest absolute Gasteiger partial charge is 0.227 e. The lowest BCUT2D eigenvalue weighted by atomic mass is 9.98. The van der Waals surface area contributed by atoms with Crippen LogP contribution in [0, 0.1) is 5.92 Å². The molecule has 2 aliphatic rings. The van der Waals surface area contributed by atoms with Crippen molar-refractivity contribution >= 4 is 17.2 Å². The molecule has 1 aromatic carbocycles. The molecule has 3 aromatic rings. The van der Waals surface area contributed by atoms with Crippen LogP contribution in [0.25, 0.3) is 0 Å². The van der Waals surface area contributed by atoms with Crippen LogP contribution < -0.4 is 4.74 Å². The molecule has 0 N–H and O–H groups in total. The fourth-order valence-electron chi connectivity index (χ4n) is 5.13. The van der Waals surface area contributed by atoms with E-state index in [0.29, 0.717) is 18.9 Å². The maximum atomic E-state index is 12.7. The Hall–Kier alpha value is -2.74. The average molecular weight is 505 g/mol. The van der Waals surface area contributed by atoms with Crippen LogP contribution in [0.3, 0.4) is 0 Å². The van der Waals surface area contributed by atoms with Crippen molar-refractivity contribution in [1.82, 2.24) is 19.7 Å². The molecule has 5 rings (SSSR count). The number of nitrogens with zero attached hydrogens (tertiary/aromatic N) is 4. The number of rotatable bonds is 9. The SMILES string of the molecule is O=C(Cc1ccsc1)N1CCC[C@H](COc2ccc(CN3CCN(Cc4cccnc4)CC3)cc2)C1. The standard InChI is InChI=1S/C29H36N4O2S/c34-29(17-25-9-16-36-23-25)33-11-2-4-27(21-33)22-35-28-7-5-24(6-8-28)19-31-12-14-32(15-13-31)20-26-3-1-10-30-18-26/h1,3,5-10,16,18,23,27H,2,4,11-15,17,19-22H2/t27-/m0/s1. The van der Waals surface area contributed by atoms with Gasteiger partial charge in [-0.1, -0.05) is 18.2 Å². The molecule has 0 spiro atoms. The third kappa shape index (κ3) is 7.15. The number of thiophene rings is 1. The topological polar surface area (TPSA) is 48.9 Å². The Morgan fingerprint density at radius 2 is 1.72 bits per heavy atom. The van der Waals surface area contributed by atoms with E-state index in [1.165, 1.54) is 11.1 Å². The van der Waals surface area contributed by atoms with Gasteiger partial charge in [-0.3, -0.25) is 19.6 Å². The first-order valence-electron chi connectivity index (χ1n) is 13.1. The molecule has 1 atom stereocenters. The van der Waals surface area contributed by atoms with Crippen molar-refractivity contribution in [2.45, 2.75) is 32.4 Å². The molecule has 0 aliphatic carbocycles. The summed E-state index contributed by atoms with van der Waals surface area (Å²) in [5, 5.41) is 4.10. The monoisotopic (exact) mass is 504 g/mol. The van der Waals surface area contributed by atoms with Crippen LogP contribution in [0.15, 0.2) is 65.6 Å². The maximum Gasteiger partial charge on any atom is 0.227 e. The van der Waals surface area contributed by atoms with Crippen LogP contribution in [0.4, 0.5) is 0 Å². The molecular formula is C29H36N4O2S. The zero-order valence-corrected chi connectivity index (χ0v) is 21.7. The molecular weight excluding hydrogens is 468 g/mol. The second-order valence-electron chi connectivity index (χ2n) is 10.0. The van der Waals surface area contributed by atoms with Gasteiger partial charge < -0.3 is 9.64 Å². The molecule has 0 bridgehead atoms. The second kappa shape index (κ2) is 12.5. The van der Waals surface area contributed by atoms with E-state index in [-0.39, 0.29) is 5.91 Å². The van der Waals surface area contributed by atoms with Gasteiger partial charge in [-0.2, -0.15) is 11.3 Å². The first-order valence-corrected chi connectivity index (χ1v) is 14.0. The molecule has 0 unspecified atom stereocenters. The van der Waals surface area contributed by atoms with Gasteiger partial charge in [0.25, 0.3) is 0 Å². The van der Waals surface area contributed by atoms with Crippen LogP contribution in [-0.2, 0) is 24.3 Å². The van der Waals surface area contributed by atoms with Gasteiger partial charge in [0.1, 0.15) is 5.75 Å². The number of likely N-dealkylation sites (tertiary alicyclic amines) is 1. The van der Waals surface area contributed by atoms with Crippen LogP contribution in [0.2, 0.25) is 0 Å². The Kier molecular flexibility index (Phi) is 8.64. The third-order valence-corrected chi connectivity index (χ3v) is 7.95. The van der Waals surface area contributed by atoms with Crippen LogP contribution in [0.1, 0.15) is 29.5 Å². The number of carbonyl (C=O) groups is 1. The van der Waals surface area contributed by atoms with Crippen LogP contribution in [0.5, 0.6) is 5.75 Å². The Morgan fingerprint density at radius 1 is 0.944 bits per heavy atom. The minimum Gasteiger partial charge on any atom is -0.493 e. The molecule has 2 fully saturated rings. The van der Waals surface area contributed by atoms with Crippen molar-refractivity contribution in [3.63, 3.8) is 0 Å². The van der Waals surface area contributed by atoms with E-state index in [9.17, 15) is 4.79 Å². The van der Waals surface area contributed by atoms with Gasteiger partial charge in [-0.05, 0) is 64.6 Å². The number of hydrogen-bond acceptors (Lipinski definition) is 6. The fourth-order valence-corrected chi connectivity index (χ4v) is 5.79. The molecule has 6 nitrogen and oxygen atoms in total. The highest BCUT2D eigenvalue weighted by Gasteiger charge is 2.24. The van der Waals surface area contributed by atoms with E-state index in [1.807, 2.05) is 34.8 Å². The fraction of sp³-hybridized carbons (Fsp3) is 0.448. The summed E-state index contributed by atoms with van der Waals surface area (Å²) in [5.74, 6) is 1.55. The van der Waals surface area contributed by atoms with Crippen molar-refractivity contribution in [1.29, 1.82) is 0 Å². The molecule has 2 saturated heterocycles. The number of amides is 1. The van der Waals surface area contributed by atoms with Gasteiger partial charge >= 0.3 is 0 Å². The minimum absolute atomic E-state index is 0.236. The van der Waals surface area contributed by atoms with E-state index in [2.05, 4.69) is 50.5 Å². The first-order chi connectivity index (χ1) is 17.7. The number of hydrogen-bond donors (Lipinski definition) is 0. The average Bonchev–Trinajstić information content (AvgIpc) is 3.43. The Balaban J connectivity index is 1.02. The van der Waals surface area contributed by atoms with Gasteiger partial charge in [-0.15, -0.1) is 0 Å². The summed E-state index contributed by atoms with van der Waals surface area (Å²) >= 11 is 1.65. The highest BCUT2D eigenvalue weighted by molar-refractivity contribution is 7.08. The Bertz CT molecular complexity index is 1070. The summed E-state index contributed by atoms with van der Waals surface area (Å²) in [7, 11) is 0. The van der Waals surface area contributed by atoms with Gasteiger partial charge in [0, 0.05) is 70.7 Å². The number of ether oxygens (including phenoxy) is 1. The molecule has 0 radical (unpaired) electrons. The van der Waals surface area contributed by atoms with E-state index in [4.69, 9.17) is 4.74 Å². The highest BCUT2D eigenvalue weighted by atomic mass is 32.1. The zero-order chi connectivity index (χ0) is 24.6. The third-order valence-electron chi connectivity index (χ3n) is 7.22. The van der Waals surface area contributed by atoms with Gasteiger partial charge in [-0.25, -0.2) is 0 Å². The summed E-state index contributed by atoms with van der Waals surface area (Å²) in [5.41, 5.74) is 3.73. The summed E-state index contributed by atoms with van der Waals surface area (Å²) < 4.78 is 6.13. The lowest BCUT2D eigenvalue weighted by molar-refractivity contribution is -0.132. The molecule has 36 heavy (non-hydrogen) atoms. The van der Waals surface area contributed by atoms with E-state index in [1.54, 1.807) is 11.3 Å².